The second-order valence-corrected chi connectivity index (χ2v) is 4.49. The van der Waals surface area contributed by atoms with Crippen molar-refractivity contribution >= 4 is 0 Å². The van der Waals surface area contributed by atoms with Gasteiger partial charge in [-0.2, -0.15) is 0 Å². The molecule has 1 aliphatic heterocycles. The van der Waals surface area contributed by atoms with Gasteiger partial charge in [0.05, 0.1) is 19.3 Å². The largest absolute Gasteiger partial charge is 0.376 e. The molecule has 1 aromatic rings. The van der Waals surface area contributed by atoms with Crippen LogP contribution >= 0.6 is 0 Å². The maximum absolute atomic E-state index is 5.74. The molecule has 0 radical (unpaired) electrons. The first-order chi connectivity index (χ1) is 7.93. The average molecular weight is 216 g/mol. The molecule has 3 rings (SSSR count). The van der Waals surface area contributed by atoms with Gasteiger partial charge in [0.15, 0.2) is 0 Å². The zero-order valence-corrected chi connectivity index (χ0v) is 9.21. The summed E-state index contributed by atoms with van der Waals surface area (Å²) in [7, 11) is 0. The highest BCUT2D eigenvalue weighted by molar-refractivity contribution is 5.14. The number of hydrogen-bond donors (Lipinski definition) is 0. The molecule has 3 atom stereocenters. The lowest BCUT2D eigenvalue weighted by molar-refractivity contribution is 0.0773. The van der Waals surface area contributed by atoms with Gasteiger partial charge in [-0.05, 0) is 12.0 Å². The number of rotatable bonds is 4. The summed E-state index contributed by atoms with van der Waals surface area (Å²) in [5.41, 5.74) is 1.24. The fourth-order valence-electron chi connectivity index (χ4n) is 2.26. The molecule has 0 bridgehead atoms. The van der Waals surface area contributed by atoms with Gasteiger partial charge in [0.1, 0.15) is 6.10 Å². The molecule has 0 amide bonds. The van der Waals surface area contributed by atoms with Gasteiger partial charge in [-0.15, -0.1) is 0 Å². The monoisotopic (exact) mass is 216 g/mol. The predicted molar refractivity (Wildman–Crippen MR) is 62.0 cm³/mol. The Balaban J connectivity index is 1.45. The zero-order valence-electron chi connectivity index (χ0n) is 9.21. The minimum atomic E-state index is 0.388. The van der Waals surface area contributed by atoms with Gasteiger partial charge in [0.2, 0.25) is 0 Å². The molecule has 1 aromatic carbocycles. The first-order valence-corrected chi connectivity index (χ1v) is 5.87. The summed E-state index contributed by atoms with van der Waals surface area (Å²) in [6, 6.07) is 10.3. The summed E-state index contributed by atoms with van der Waals surface area (Å²) in [6.45, 7) is 1.51. The third-order valence-electron chi connectivity index (χ3n) is 3.23. The van der Waals surface area contributed by atoms with E-state index >= 15 is 0 Å². The SMILES string of the molecule is C1=C[C@H]2O[C@H]2[C@@H](COCc2ccccc2)C1. The van der Waals surface area contributed by atoms with Gasteiger partial charge in [-0.3, -0.25) is 0 Å². The van der Waals surface area contributed by atoms with E-state index in [0.717, 1.165) is 13.0 Å². The van der Waals surface area contributed by atoms with Crippen LogP contribution in [-0.2, 0) is 16.1 Å². The lowest BCUT2D eigenvalue weighted by atomic mass is 9.95. The molecule has 1 fully saturated rings. The number of epoxide rings is 1. The highest BCUT2D eigenvalue weighted by atomic mass is 16.6. The summed E-state index contributed by atoms with van der Waals surface area (Å²) in [6.07, 6.45) is 6.29. The van der Waals surface area contributed by atoms with E-state index in [2.05, 4.69) is 24.3 Å². The number of ether oxygens (including phenoxy) is 2. The lowest BCUT2D eigenvalue weighted by Gasteiger charge is -2.14. The number of fused-ring (bicyclic) bond motifs is 1. The Hall–Kier alpha value is -1.12. The minimum absolute atomic E-state index is 0.388. The van der Waals surface area contributed by atoms with E-state index in [9.17, 15) is 0 Å². The Morgan fingerprint density at radius 2 is 2.12 bits per heavy atom. The molecule has 16 heavy (non-hydrogen) atoms. The van der Waals surface area contributed by atoms with Crippen molar-refractivity contribution in [1.29, 1.82) is 0 Å². The van der Waals surface area contributed by atoms with E-state index in [4.69, 9.17) is 9.47 Å². The standard InChI is InChI=1S/C14H16O2/c1-2-5-11(6-3-1)9-15-10-12-7-4-8-13-14(12)16-13/h1-6,8,12-14H,7,9-10H2/t12-,13-,14+/m1/s1. The molecule has 0 spiro atoms. The van der Waals surface area contributed by atoms with Gasteiger partial charge >= 0.3 is 0 Å². The zero-order chi connectivity index (χ0) is 10.8. The number of benzene rings is 1. The first kappa shape index (κ1) is 10.1. The molecular weight excluding hydrogens is 200 g/mol. The van der Waals surface area contributed by atoms with Crippen LogP contribution in [0.5, 0.6) is 0 Å². The fraction of sp³-hybridized carbons (Fsp3) is 0.429. The Morgan fingerprint density at radius 3 is 3.00 bits per heavy atom. The van der Waals surface area contributed by atoms with E-state index in [0.29, 0.717) is 24.7 Å². The van der Waals surface area contributed by atoms with Crippen LogP contribution in [-0.4, -0.2) is 18.8 Å². The van der Waals surface area contributed by atoms with Crippen LogP contribution in [0.15, 0.2) is 42.5 Å². The maximum Gasteiger partial charge on any atom is 0.103 e. The molecule has 0 saturated carbocycles. The van der Waals surface area contributed by atoms with Crippen molar-refractivity contribution < 1.29 is 9.47 Å². The summed E-state index contributed by atoms with van der Waals surface area (Å²) in [5, 5.41) is 0. The van der Waals surface area contributed by atoms with E-state index in [1.54, 1.807) is 0 Å². The van der Waals surface area contributed by atoms with Crippen molar-refractivity contribution in [3.63, 3.8) is 0 Å². The van der Waals surface area contributed by atoms with Gasteiger partial charge in [-0.25, -0.2) is 0 Å². The molecule has 84 valence electrons. The predicted octanol–water partition coefficient (Wildman–Crippen LogP) is 2.55. The molecule has 2 aliphatic rings. The van der Waals surface area contributed by atoms with Crippen LogP contribution in [0.3, 0.4) is 0 Å². The quantitative estimate of drug-likeness (QED) is 0.570. The summed E-state index contributed by atoms with van der Waals surface area (Å²) >= 11 is 0. The van der Waals surface area contributed by atoms with E-state index < -0.39 is 0 Å². The Labute approximate surface area is 95.9 Å². The van der Waals surface area contributed by atoms with Gasteiger partial charge in [0.25, 0.3) is 0 Å². The summed E-state index contributed by atoms with van der Waals surface area (Å²) in [5.74, 6) is 0.554. The molecule has 2 nitrogen and oxygen atoms in total. The second kappa shape index (κ2) is 4.40. The molecule has 1 aliphatic carbocycles. The van der Waals surface area contributed by atoms with Crippen molar-refractivity contribution in [3.05, 3.63) is 48.0 Å². The summed E-state index contributed by atoms with van der Waals surface area (Å²) in [4.78, 5) is 0. The minimum Gasteiger partial charge on any atom is -0.376 e. The molecule has 1 heterocycles. The van der Waals surface area contributed by atoms with Crippen molar-refractivity contribution in [2.45, 2.75) is 25.2 Å². The number of hydrogen-bond acceptors (Lipinski definition) is 2. The Morgan fingerprint density at radius 1 is 1.25 bits per heavy atom. The van der Waals surface area contributed by atoms with Crippen LogP contribution in [0.25, 0.3) is 0 Å². The van der Waals surface area contributed by atoms with Crippen molar-refractivity contribution in [2.24, 2.45) is 5.92 Å². The van der Waals surface area contributed by atoms with Crippen molar-refractivity contribution in [1.82, 2.24) is 0 Å². The third-order valence-corrected chi connectivity index (χ3v) is 3.23. The van der Waals surface area contributed by atoms with Gasteiger partial charge in [-0.1, -0.05) is 42.5 Å². The van der Waals surface area contributed by atoms with Crippen LogP contribution in [0.4, 0.5) is 0 Å². The van der Waals surface area contributed by atoms with Crippen molar-refractivity contribution in [2.75, 3.05) is 6.61 Å². The fourth-order valence-corrected chi connectivity index (χ4v) is 2.26. The topological polar surface area (TPSA) is 21.8 Å². The smallest absolute Gasteiger partial charge is 0.103 e. The van der Waals surface area contributed by atoms with Crippen molar-refractivity contribution in [3.8, 4) is 0 Å². The third kappa shape index (κ3) is 2.18. The van der Waals surface area contributed by atoms with Gasteiger partial charge in [0, 0.05) is 5.92 Å². The Kier molecular flexibility index (Phi) is 2.77. The molecule has 2 heteroatoms. The number of allylic oxidation sites excluding steroid dienone is 1. The molecule has 0 N–H and O–H groups in total. The maximum atomic E-state index is 5.74. The first-order valence-electron chi connectivity index (χ1n) is 5.87. The van der Waals surface area contributed by atoms with Crippen LogP contribution in [0.2, 0.25) is 0 Å². The molecule has 1 saturated heterocycles. The lowest BCUT2D eigenvalue weighted by Crippen LogP contribution is -2.18. The van der Waals surface area contributed by atoms with Crippen LogP contribution in [0, 0.1) is 5.92 Å². The highest BCUT2D eigenvalue weighted by Gasteiger charge is 2.44. The molecule has 0 aromatic heterocycles. The summed E-state index contributed by atoms with van der Waals surface area (Å²) < 4.78 is 11.3. The highest BCUT2D eigenvalue weighted by Crippen LogP contribution is 2.36. The van der Waals surface area contributed by atoms with Crippen LogP contribution < -0.4 is 0 Å². The average Bonchev–Trinajstić information content (AvgIpc) is 3.10. The van der Waals surface area contributed by atoms with E-state index in [1.165, 1.54) is 5.56 Å². The van der Waals surface area contributed by atoms with Gasteiger partial charge < -0.3 is 9.47 Å². The second-order valence-electron chi connectivity index (χ2n) is 4.49. The normalized spacial score (nSPS) is 31.1. The Bertz CT molecular complexity index is 372. The van der Waals surface area contributed by atoms with Crippen LogP contribution in [0.1, 0.15) is 12.0 Å². The van der Waals surface area contributed by atoms with E-state index in [-0.39, 0.29) is 0 Å². The van der Waals surface area contributed by atoms with E-state index in [1.807, 2.05) is 18.2 Å². The molecular formula is C14H16O2. The molecule has 0 unspecified atom stereocenters.